The number of carbonyl (C=O) groups excluding carboxylic acids is 2. The van der Waals surface area contributed by atoms with E-state index < -0.39 is 17.5 Å². The van der Waals surface area contributed by atoms with Gasteiger partial charge < -0.3 is 10.6 Å². The predicted octanol–water partition coefficient (Wildman–Crippen LogP) is 2.67. The first-order chi connectivity index (χ1) is 11.5. The molecule has 1 aromatic carbocycles. The SMILES string of the molecule is O=C(CCNC(=O)c1ccc(F)cc1F)Nc1nc2c(s1)CCC2. The fraction of sp³-hybridized carbons (Fsp3) is 0.312. The van der Waals surface area contributed by atoms with E-state index in [1.54, 1.807) is 0 Å². The summed E-state index contributed by atoms with van der Waals surface area (Å²) in [5.74, 6) is -2.65. The molecule has 1 aliphatic rings. The highest BCUT2D eigenvalue weighted by Gasteiger charge is 2.18. The monoisotopic (exact) mass is 351 g/mol. The lowest BCUT2D eigenvalue weighted by Crippen LogP contribution is -2.28. The van der Waals surface area contributed by atoms with Crippen LogP contribution in [0.25, 0.3) is 0 Å². The normalized spacial score (nSPS) is 12.8. The average Bonchev–Trinajstić information content (AvgIpc) is 3.08. The summed E-state index contributed by atoms with van der Waals surface area (Å²) in [5, 5.41) is 5.70. The minimum atomic E-state index is -0.936. The van der Waals surface area contributed by atoms with Gasteiger partial charge in [0.05, 0.1) is 11.3 Å². The quantitative estimate of drug-likeness (QED) is 0.870. The summed E-state index contributed by atoms with van der Waals surface area (Å²) in [4.78, 5) is 29.2. The molecule has 8 heteroatoms. The summed E-state index contributed by atoms with van der Waals surface area (Å²) in [6, 6.07) is 2.72. The van der Waals surface area contributed by atoms with E-state index in [-0.39, 0.29) is 24.4 Å². The molecule has 1 aliphatic carbocycles. The number of carbonyl (C=O) groups is 2. The van der Waals surface area contributed by atoms with Crippen molar-refractivity contribution in [3.05, 3.63) is 46.0 Å². The zero-order valence-electron chi connectivity index (χ0n) is 12.7. The lowest BCUT2D eigenvalue weighted by Gasteiger charge is -2.06. The minimum absolute atomic E-state index is 0.0405. The highest BCUT2D eigenvalue weighted by Crippen LogP contribution is 2.30. The molecule has 2 N–H and O–H groups in total. The number of hydrogen-bond acceptors (Lipinski definition) is 4. The molecule has 0 saturated carbocycles. The molecule has 0 fully saturated rings. The van der Waals surface area contributed by atoms with Gasteiger partial charge in [-0.15, -0.1) is 11.3 Å². The lowest BCUT2D eigenvalue weighted by atomic mass is 10.2. The number of hydrogen-bond donors (Lipinski definition) is 2. The van der Waals surface area contributed by atoms with Crippen molar-refractivity contribution in [2.24, 2.45) is 0 Å². The first kappa shape index (κ1) is 16.5. The van der Waals surface area contributed by atoms with E-state index in [1.165, 1.54) is 16.2 Å². The van der Waals surface area contributed by atoms with Gasteiger partial charge >= 0.3 is 0 Å². The van der Waals surface area contributed by atoms with Gasteiger partial charge in [-0.1, -0.05) is 0 Å². The van der Waals surface area contributed by atoms with Crippen LogP contribution in [0.15, 0.2) is 18.2 Å². The van der Waals surface area contributed by atoms with E-state index in [0.717, 1.165) is 37.1 Å². The summed E-state index contributed by atoms with van der Waals surface area (Å²) in [6.45, 7) is 0.0482. The van der Waals surface area contributed by atoms with Gasteiger partial charge in [-0.05, 0) is 31.4 Å². The number of aryl methyl sites for hydroxylation is 2. The predicted molar refractivity (Wildman–Crippen MR) is 86.1 cm³/mol. The third kappa shape index (κ3) is 3.76. The molecule has 24 heavy (non-hydrogen) atoms. The molecule has 0 unspecified atom stereocenters. The molecule has 1 aromatic heterocycles. The first-order valence-corrected chi connectivity index (χ1v) is 8.36. The van der Waals surface area contributed by atoms with Gasteiger partial charge in [0, 0.05) is 23.9 Å². The van der Waals surface area contributed by atoms with Crippen LogP contribution in [0.5, 0.6) is 0 Å². The van der Waals surface area contributed by atoms with Crippen molar-refractivity contribution in [3.63, 3.8) is 0 Å². The molecule has 126 valence electrons. The third-order valence-corrected chi connectivity index (χ3v) is 4.73. The van der Waals surface area contributed by atoms with Crippen LogP contribution in [-0.2, 0) is 17.6 Å². The second kappa shape index (κ2) is 7.04. The van der Waals surface area contributed by atoms with Crippen LogP contribution >= 0.6 is 11.3 Å². The van der Waals surface area contributed by atoms with Crippen molar-refractivity contribution < 1.29 is 18.4 Å². The molecule has 1 heterocycles. The molecule has 5 nitrogen and oxygen atoms in total. The van der Waals surface area contributed by atoms with Gasteiger partial charge in [-0.3, -0.25) is 9.59 Å². The van der Waals surface area contributed by atoms with Crippen LogP contribution in [0.3, 0.4) is 0 Å². The van der Waals surface area contributed by atoms with Crippen molar-refractivity contribution in [1.82, 2.24) is 10.3 Å². The zero-order valence-corrected chi connectivity index (χ0v) is 13.5. The van der Waals surface area contributed by atoms with Crippen LogP contribution in [0.2, 0.25) is 0 Å². The Morgan fingerprint density at radius 3 is 2.83 bits per heavy atom. The van der Waals surface area contributed by atoms with Crippen molar-refractivity contribution in [3.8, 4) is 0 Å². The van der Waals surface area contributed by atoms with Gasteiger partial charge in [-0.2, -0.15) is 0 Å². The van der Waals surface area contributed by atoms with Crippen molar-refractivity contribution in [2.45, 2.75) is 25.7 Å². The number of aromatic nitrogens is 1. The number of anilines is 1. The maximum absolute atomic E-state index is 13.5. The van der Waals surface area contributed by atoms with Gasteiger partial charge in [0.25, 0.3) is 5.91 Å². The van der Waals surface area contributed by atoms with Crippen LogP contribution in [0.1, 0.15) is 33.8 Å². The Morgan fingerprint density at radius 1 is 1.25 bits per heavy atom. The van der Waals surface area contributed by atoms with E-state index in [2.05, 4.69) is 15.6 Å². The molecule has 0 spiro atoms. The van der Waals surface area contributed by atoms with Gasteiger partial charge in [0.2, 0.25) is 5.91 Å². The Labute approximate surface area is 141 Å². The molecule has 2 amide bonds. The fourth-order valence-corrected chi connectivity index (χ4v) is 3.55. The fourth-order valence-electron chi connectivity index (χ4n) is 2.48. The summed E-state index contributed by atoms with van der Waals surface area (Å²) in [5.41, 5.74) is 0.795. The summed E-state index contributed by atoms with van der Waals surface area (Å²) >= 11 is 1.47. The maximum Gasteiger partial charge on any atom is 0.254 e. The van der Waals surface area contributed by atoms with E-state index in [9.17, 15) is 18.4 Å². The zero-order chi connectivity index (χ0) is 17.1. The second-order valence-electron chi connectivity index (χ2n) is 5.42. The van der Waals surface area contributed by atoms with Crippen LogP contribution < -0.4 is 10.6 Å². The largest absolute Gasteiger partial charge is 0.351 e. The standard InChI is InChI=1S/C16H15F2N3O2S/c17-9-4-5-10(11(18)8-9)15(23)19-7-6-14(22)21-16-20-12-2-1-3-13(12)24-16/h4-5,8H,1-3,6-7H2,(H,19,23)(H,20,21,22). The first-order valence-electron chi connectivity index (χ1n) is 7.54. The minimum Gasteiger partial charge on any atom is -0.351 e. The van der Waals surface area contributed by atoms with Crippen LogP contribution in [-0.4, -0.2) is 23.3 Å². The highest BCUT2D eigenvalue weighted by molar-refractivity contribution is 7.15. The summed E-state index contributed by atoms with van der Waals surface area (Å²) in [6.07, 6.45) is 3.09. The molecular weight excluding hydrogens is 336 g/mol. The number of rotatable bonds is 5. The molecule has 0 aliphatic heterocycles. The highest BCUT2D eigenvalue weighted by atomic mass is 32.1. The van der Waals surface area contributed by atoms with E-state index in [0.29, 0.717) is 11.2 Å². The smallest absolute Gasteiger partial charge is 0.254 e. The number of amides is 2. The second-order valence-corrected chi connectivity index (χ2v) is 6.50. The molecule has 0 atom stereocenters. The molecular formula is C16H15F2N3O2S. The van der Waals surface area contributed by atoms with E-state index >= 15 is 0 Å². The van der Waals surface area contributed by atoms with Crippen molar-refractivity contribution in [2.75, 3.05) is 11.9 Å². The Hall–Kier alpha value is -2.35. The topological polar surface area (TPSA) is 71.1 Å². The summed E-state index contributed by atoms with van der Waals surface area (Å²) in [7, 11) is 0. The number of nitrogens with zero attached hydrogens (tertiary/aromatic N) is 1. The Morgan fingerprint density at radius 2 is 2.08 bits per heavy atom. The summed E-state index contributed by atoms with van der Waals surface area (Å²) < 4.78 is 26.3. The van der Waals surface area contributed by atoms with Crippen LogP contribution in [0, 0.1) is 11.6 Å². The maximum atomic E-state index is 13.5. The molecule has 0 bridgehead atoms. The number of nitrogens with one attached hydrogen (secondary N) is 2. The van der Waals surface area contributed by atoms with Gasteiger partial charge in [0.15, 0.2) is 5.13 Å². The third-order valence-electron chi connectivity index (χ3n) is 3.66. The van der Waals surface area contributed by atoms with E-state index in [4.69, 9.17) is 0 Å². The number of benzene rings is 1. The van der Waals surface area contributed by atoms with Crippen LogP contribution in [0.4, 0.5) is 13.9 Å². The van der Waals surface area contributed by atoms with Crippen molar-refractivity contribution in [1.29, 1.82) is 0 Å². The van der Waals surface area contributed by atoms with E-state index in [1.807, 2.05) is 0 Å². The molecule has 0 saturated heterocycles. The Balaban J connectivity index is 1.46. The van der Waals surface area contributed by atoms with Gasteiger partial charge in [0.1, 0.15) is 11.6 Å². The molecule has 2 aromatic rings. The molecule has 3 rings (SSSR count). The number of fused-ring (bicyclic) bond motifs is 1. The lowest BCUT2D eigenvalue weighted by molar-refractivity contribution is -0.116. The van der Waals surface area contributed by atoms with Crippen molar-refractivity contribution >= 4 is 28.3 Å². The molecule has 0 radical (unpaired) electrons. The van der Waals surface area contributed by atoms with Gasteiger partial charge in [-0.25, -0.2) is 13.8 Å². The Bertz CT molecular complexity index is 770. The number of thiazole rings is 1. The Kier molecular flexibility index (Phi) is 4.84. The average molecular weight is 351 g/mol. The number of halogens is 2.